The van der Waals surface area contributed by atoms with Crippen molar-refractivity contribution in [2.24, 2.45) is 0 Å². The van der Waals surface area contributed by atoms with Crippen molar-refractivity contribution in [3.63, 3.8) is 0 Å². The molecule has 1 rings (SSSR count). The zero-order chi connectivity index (χ0) is 17.1. The molecule has 1 aromatic rings. The van der Waals surface area contributed by atoms with Crippen LogP contribution in [0.3, 0.4) is 0 Å². The van der Waals surface area contributed by atoms with Gasteiger partial charge in [-0.25, -0.2) is 14.6 Å². The van der Waals surface area contributed by atoms with Gasteiger partial charge in [-0.3, -0.25) is 0 Å². The fourth-order valence-corrected chi connectivity index (χ4v) is 1.55. The van der Waals surface area contributed by atoms with Crippen molar-refractivity contribution in [1.29, 1.82) is 0 Å². The summed E-state index contributed by atoms with van der Waals surface area (Å²) >= 11 is 5.89. The van der Waals surface area contributed by atoms with Crippen molar-refractivity contribution >= 4 is 29.6 Å². The summed E-state index contributed by atoms with van der Waals surface area (Å²) in [6.45, 7) is 10.2. The molecule has 0 aliphatic heterocycles. The van der Waals surface area contributed by atoms with E-state index in [2.05, 4.69) is 4.98 Å². The summed E-state index contributed by atoms with van der Waals surface area (Å²) in [5.74, 6) is 0.0380. The Morgan fingerprint density at radius 1 is 1.05 bits per heavy atom. The number of pyridine rings is 1. The highest BCUT2D eigenvalue weighted by Gasteiger charge is 2.33. The van der Waals surface area contributed by atoms with E-state index in [0.717, 1.165) is 4.90 Å². The molecule has 1 heterocycles. The Labute approximate surface area is 135 Å². The molecule has 1 aromatic heterocycles. The Kier molecular flexibility index (Phi) is 5.40. The van der Waals surface area contributed by atoms with Crippen LogP contribution in [0, 0.1) is 0 Å². The maximum Gasteiger partial charge on any atom is 0.425 e. The molecule has 2 amide bonds. The van der Waals surface area contributed by atoms with Crippen molar-refractivity contribution < 1.29 is 19.1 Å². The van der Waals surface area contributed by atoms with E-state index in [1.54, 1.807) is 41.5 Å². The van der Waals surface area contributed by atoms with Gasteiger partial charge in [0.15, 0.2) is 0 Å². The molecule has 0 N–H and O–H groups in total. The highest BCUT2D eigenvalue weighted by Crippen LogP contribution is 2.22. The van der Waals surface area contributed by atoms with Crippen LogP contribution in [-0.4, -0.2) is 28.4 Å². The van der Waals surface area contributed by atoms with Crippen LogP contribution in [0.25, 0.3) is 0 Å². The van der Waals surface area contributed by atoms with Crippen molar-refractivity contribution in [1.82, 2.24) is 4.98 Å². The first-order valence-corrected chi connectivity index (χ1v) is 7.14. The molecule has 0 bridgehead atoms. The number of imide groups is 1. The molecule has 0 fully saturated rings. The number of ether oxygens (including phenoxy) is 2. The lowest BCUT2D eigenvalue weighted by molar-refractivity contribution is 0.0429. The third-order valence-corrected chi connectivity index (χ3v) is 2.32. The van der Waals surface area contributed by atoms with Crippen LogP contribution in [0.1, 0.15) is 41.5 Å². The fraction of sp³-hybridized carbons (Fsp3) is 0.533. The largest absolute Gasteiger partial charge is 0.443 e. The molecular formula is C15H21ClN2O4. The standard InChI is InChI=1S/C15H21ClN2O4/c1-14(2,3)21-12(19)18(13(20)22-15(4,5)6)11-9-10(16)7-8-17-11/h7-9H,1-6H3. The normalized spacial score (nSPS) is 11.8. The van der Waals surface area contributed by atoms with Crippen molar-refractivity contribution in [2.45, 2.75) is 52.7 Å². The van der Waals surface area contributed by atoms with Crippen molar-refractivity contribution in [3.05, 3.63) is 23.4 Å². The van der Waals surface area contributed by atoms with Crippen molar-refractivity contribution in [2.75, 3.05) is 4.90 Å². The van der Waals surface area contributed by atoms with E-state index in [9.17, 15) is 9.59 Å². The SMILES string of the molecule is CC(C)(C)OC(=O)N(C(=O)OC(C)(C)C)c1cc(Cl)ccn1. The molecule has 7 heteroatoms. The van der Waals surface area contributed by atoms with E-state index in [-0.39, 0.29) is 5.82 Å². The van der Waals surface area contributed by atoms with Gasteiger partial charge in [-0.05, 0) is 47.6 Å². The number of nitrogens with zero attached hydrogens (tertiary/aromatic N) is 2. The minimum Gasteiger partial charge on any atom is -0.443 e. The number of rotatable bonds is 1. The van der Waals surface area contributed by atoms with Crippen molar-refractivity contribution in [3.8, 4) is 0 Å². The van der Waals surface area contributed by atoms with E-state index in [0.29, 0.717) is 5.02 Å². The molecule has 0 spiro atoms. The van der Waals surface area contributed by atoms with Gasteiger partial charge in [-0.1, -0.05) is 11.6 Å². The summed E-state index contributed by atoms with van der Waals surface area (Å²) < 4.78 is 10.5. The predicted octanol–water partition coefficient (Wildman–Crippen LogP) is 4.41. The first kappa shape index (κ1) is 18.2. The van der Waals surface area contributed by atoms with Gasteiger partial charge < -0.3 is 9.47 Å². The number of halogens is 1. The predicted molar refractivity (Wildman–Crippen MR) is 84.2 cm³/mol. The quantitative estimate of drug-likeness (QED) is 0.763. The topological polar surface area (TPSA) is 68.7 Å². The summed E-state index contributed by atoms with van der Waals surface area (Å²) in [6.07, 6.45) is -0.368. The third kappa shape index (κ3) is 5.89. The molecule has 0 aromatic carbocycles. The Bertz CT molecular complexity index is 533. The number of hydrogen-bond donors (Lipinski definition) is 0. The van der Waals surface area contributed by atoms with Crippen LogP contribution in [-0.2, 0) is 9.47 Å². The minimum atomic E-state index is -0.878. The lowest BCUT2D eigenvalue weighted by Crippen LogP contribution is -2.44. The number of aromatic nitrogens is 1. The summed E-state index contributed by atoms with van der Waals surface area (Å²) in [6, 6.07) is 2.92. The highest BCUT2D eigenvalue weighted by molar-refractivity contribution is 6.31. The second-order valence-corrected chi connectivity index (χ2v) is 7.06. The number of anilines is 1. The number of carbonyl (C=O) groups excluding carboxylic acids is 2. The first-order valence-electron chi connectivity index (χ1n) is 6.77. The highest BCUT2D eigenvalue weighted by atomic mass is 35.5. The van der Waals surface area contributed by atoms with Crippen LogP contribution < -0.4 is 4.90 Å². The lowest BCUT2D eigenvalue weighted by atomic mass is 10.2. The Morgan fingerprint density at radius 3 is 1.86 bits per heavy atom. The number of hydrogen-bond acceptors (Lipinski definition) is 5. The molecule has 0 atom stereocenters. The van der Waals surface area contributed by atoms with Gasteiger partial charge >= 0.3 is 12.2 Å². The zero-order valence-corrected chi connectivity index (χ0v) is 14.4. The summed E-state index contributed by atoms with van der Waals surface area (Å²) in [5, 5.41) is 0.335. The van der Waals surface area contributed by atoms with Crippen LogP contribution >= 0.6 is 11.6 Å². The second-order valence-electron chi connectivity index (χ2n) is 6.63. The van der Waals surface area contributed by atoms with Gasteiger partial charge in [0.25, 0.3) is 0 Å². The summed E-state index contributed by atoms with van der Waals surface area (Å²) in [4.78, 5) is 29.3. The molecule has 0 aliphatic rings. The minimum absolute atomic E-state index is 0.0380. The lowest BCUT2D eigenvalue weighted by Gasteiger charge is -2.28. The monoisotopic (exact) mass is 328 g/mol. The number of amides is 2. The van der Waals surface area contributed by atoms with Gasteiger partial charge in [-0.15, -0.1) is 0 Å². The van der Waals surface area contributed by atoms with Gasteiger partial charge in [0.2, 0.25) is 0 Å². The Hall–Kier alpha value is -1.82. The zero-order valence-electron chi connectivity index (χ0n) is 13.6. The maximum atomic E-state index is 12.3. The molecule has 0 radical (unpaired) electrons. The average Bonchev–Trinajstić information content (AvgIpc) is 2.23. The molecule has 6 nitrogen and oxygen atoms in total. The van der Waals surface area contributed by atoms with Crippen LogP contribution in [0.5, 0.6) is 0 Å². The first-order chi connectivity index (χ1) is 9.89. The molecular weight excluding hydrogens is 308 g/mol. The molecule has 0 aliphatic carbocycles. The Balaban J connectivity index is 3.15. The van der Waals surface area contributed by atoms with Gasteiger partial charge in [0, 0.05) is 17.3 Å². The smallest absolute Gasteiger partial charge is 0.425 e. The van der Waals surface area contributed by atoms with E-state index in [1.165, 1.54) is 18.3 Å². The van der Waals surface area contributed by atoms with Crippen LogP contribution in [0.4, 0.5) is 15.4 Å². The fourth-order valence-electron chi connectivity index (χ4n) is 1.39. The van der Waals surface area contributed by atoms with Crippen LogP contribution in [0.15, 0.2) is 18.3 Å². The maximum absolute atomic E-state index is 12.3. The van der Waals surface area contributed by atoms with E-state index < -0.39 is 23.4 Å². The molecule has 0 unspecified atom stereocenters. The van der Waals surface area contributed by atoms with Gasteiger partial charge in [0.05, 0.1) is 0 Å². The molecule has 122 valence electrons. The summed E-state index contributed by atoms with van der Waals surface area (Å²) in [7, 11) is 0. The molecule has 0 saturated heterocycles. The summed E-state index contributed by atoms with van der Waals surface area (Å²) in [5.41, 5.74) is -1.54. The van der Waals surface area contributed by atoms with E-state index in [4.69, 9.17) is 21.1 Å². The third-order valence-electron chi connectivity index (χ3n) is 2.09. The van der Waals surface area contributed by atoms with Crippen LogP contribution in [0.2, 0.25) is 5.02 Å². The van der Waals surface area contributed by atoms with E-state index in [1.807, 2.05) is 0 Å². The van der Waals surface area contributed by atoms with Gasteiger partial charge in [0.1, 0.15) is 17.0 Å². The average molecular weight is 329 g/mol. The Morgan fingerprint density at radius 2 is 1.50 bits per heavy atom. The van der Waals surface area contributed by atoms with Gasteiger partial charge in [-0.2, -0.15) is 4.90 Å². The molecule has 0 saturated carbocycles. The second kappa shape index (κ2) is 6.52. The number of carbonyl (C=O) groups is 2. The van der Waals surface area contributed by atoms with E-state index >= 15 is 0 Å². The molecule has 22 heavy (non-hydrogen) atoms.